The van der Waals surface area contributed by atoms with E-state index in [1.165, 1.54) is 12.1 Å². The van der Waals surface area contributed by atoms with Crippen LogP contribution in [-0.4, -0.2) is 41.7 Å². The fourth-order valence-corrected chi connectivity index (χ4v) is 3.46. The molecule has 0 aromatic heterocycles. The molecular formula is C22H24F3NO4. The standard InChI is InChI=1S/C22H24F3NO4/c23-22(24,25)16-5-7-19(8-6-16)30-20-11-9-18(10-12-20)29-15-17-3-1-13-26(17)14-2-4-21(27)28/h5-12,17H,1-4,13-15H2,(H,27,28). The van der Waals surface area contributed by atoms with Gasteiger partial charge in [-0.05, 0) is 80.9 Å². The van der Waals surface area contributed by atoms with Crippen LogP contribution in [0.25, 0.3) is 0 Å². The van der Waals surface area contributed by atoms with Gasteiger partial charge in [0, 0.05) is 12.5 Å². The molecule has 1 N–H and O–H groups in total. The topological polar surface area (TPSA) is 59.0 Å². The van der Waals surface area contributed by atoms with E-state index >= 15 is 0 Å². The van der Waals surface area contributed by atoms with Crippen molar-refractivity contribution in [1.29, 1.82) is 0 Å². The third kappa shape index (κ3) is 6.38. The van der Waals surface area contributed by atoms with Crippen molar-refractivity contribution in [3.63, 3.8) is 0 Å². The summed E-state index contributed by atoms with van der Waals surface area (Å²) in [5, 5.41) is 8.77. The van der Waals surface area contributed by atoms with Crippen LogP contribution in [0.5, 0.6) is 17.2 Å². The van der Waals surface area contributed by atoms with Crippen LogP contribution in [0.3, 0.4) is 0 Å². The summed E-state index contributed by atoms with van der Waals surface area (Å²) < 4.78 is 49.3. The second-order valence-electron chi connectivity index (χ2n) is 7.24. The zero-order chi connectivity index (χ0) is 21.6. The van der Waals surface area contributed by atoms with Gasteiger partial charge in [0.25, 0.3) is 0 Å². The SMILES string of the molecule is O=C(O)CCCN1CCCC1COc1ccc(Oc2ccc(C(F)(F)F)cc2)cc1. The first-order valence-electron chi connectivity index (χ1n) is 9.85. The van der Waals surface area contributed by atoms with E-state index in [0.717, 1.165) is 38.1 Å². The Morgan fingerprint density at radius 3 is 2.23 bits per heavy atom. The van der Waals surface area contributed by atoms with Gasteiger partial charge in [-0.15, -0.1) is 0 Å². The summed E-state index contributed by atoms with van der Waals surface area (Å²) in [6.45, 7) is 2.22. The third-order valence-electron chi connectivity index (χ3n) is 5.02. The van der Waals surface area contributed by atoms with Crippen molar-refractivity contribution in [1.82, 2.24) is 4.90 Å². The van der Waals surface area contributed by atoms with Gasteiger partial charge in [0.05, 0.1) is 5.56 Å². The Morgan fingerprint density at radius 2 is 1.63 bits per heavy atom. The molecule has 8 heteroatoms. The summed E-state index contributed by atoms with van der Waals surface area (Å²) in [5.41, 5.74) is -0.720. The number of carboxylic acid groups (broad SMARTS) is 1. The number of nitrogens with zero attached hydrogens (tertiary/aromatic N) is 1. The normalized spacial score (nSPS) is 17.1. The third-order valence-corrected chi connectivity index (χ3v) is 5.02. The smallest absolute Gasteiger partial charge is 0.416 e. The van der Waals surface area contributed by atoms with Gasteiger partial charge < -0.3 is 14.6 Å². The fourth-order valence-electron chi connectivity index (χ4n) is 3.46. The molecule has 1 unspecified atom stereocenters. The van der Waals surface area contributed by atoms with E-state index in [1.807, 2.05) is 0 Å². The highest BCUT2D eigenvalue weighted by atomic mass is 19.4. The number of carboxylic acids is 1. The van der Waals surface area contributed by atoms with E-state index in [-0.39, 0.29) is 12.5 Å². The summed E-state index contributed by atoms with van der Waals surface area (Å²) in [6, 6.07) is 11.7. The molecule has 2 aromatic rings. The molecule has 1 aliphatic heterocycles. The van der Waals surface area contributed by atoms with Crippen molar-refractivity contribution in [2.75, 3.05) is 19.7 Å². The largest absolute Gasteiger partial charge is 0.492 e. The van der Waals surface area contributed by atoms with Gasteiger partial charge in [0.1, 0.15) is 23.9 Å². The van der Waals surface area contributed by atoms with E-state index in [2.05, 4.69) is 4.90 Å². The number of carbonyl (C=O) groups is 1. The van der Waals surface area contributed by atoms with E-state index in [4.69, 9.17) is 14.6 Å². The van der Waals surface area contributed by atoms with Crippen molar-refractivity contribution >= 4 is 5.97 Å². The average Bonchev–Trinajstić information content (AvgIpc) is 3.14. The Bertz CT molecular complexity index is 822. The minimum Gasteiger partial charge on any atom is -0.492 e. The quantitative estimate of drug-likeness (QED) is 0.600. The van der Waals surface area contributed by atoms with Gasteiger partial charge in [-0.3, -0.25) is 9.69 Å². The van der Waals surface area contributed by atoms with E-state index < -0.39 is 17.7 Å². The number of rotatable bonds is 9. The number of ether oxygens (including phenoxy) is 2. The van der Waals surface area contributed by atoms with Crippen LogP contribution in [0.15, 0.2) is 48.5 Å². The number of benzene rings is 2. The first kappa shape index (κ1) is 22.0. The second kappa shape index (κ2) is 9.84. The lowest BCUT2D eigenvalue weighted by Crippen LogP contribution is -2.35. The zero-order valence-electron chi connectivity index (χ0n) is 16.4. The van der Waals surface area contributed by atoms with Crippen LogP contribution < -0.4 is 9.47 Å². The molecule has 1 atom stereocenters. The maximum absolute atomic E-state index is 12.6. The number of hydrogen-bond donors (Lipinski definition) is 1. The van der Waals surface area contributed by atoms with Crippen LogP contribution in [0.1, 0.15) is 31.2 Å². The number of aliphatic carboxylic acids is 1. The van der Waals surface area contributed by atoms with Gasteiger partial charge in [-0.25, -0.2) is 0 Å². The highest BCUT2D eigenvalue weighted by molar-refractivity contribution is 5.66. The molecule has 3 rings (SSSR count). The number of halogens is 3. The van der Waals surface area contributed by atoms with Crippen molar-refractivity contribution in [2.45, 2.75) is 37.9 Å². The molecule has 0 saturated carbocycles. The first-order valence-corrected chi connectivity index (χ1v) is 9.85. The lowest BCUT2D eigenvalue weighted by Gasteiger charge is -2.24. The predicted molar refractivity (Wildman–Crippen MR) is 105 cm³/mol. The molecule has 0 amide bonds. The molecule has 0 aliphatic carbocycles. The average molecular weight is 423 g/mol. The minimum atomic E-state index is -4.37. The Labute approximate surface area is 173 Å². The van der Waals surface area contributed by atoms with Crippen molar-refractivity contribution < 1.29 is 32.5 Å². The predicted octanol–water partition coefficient (Wildman–Crippen LogP) is 5.21. The summed E-state index contributed by atoms with van der Waals surface area (Å²) in [6.07, 6.45) is -1.49. The van der Waals surface area contributed by atoms with E-state index in [0.29, 0.717) is 30.3 Å². The first-order chi connectivity index (χ1) is 14.3. The monoisotopic (exact) mass is 423 g/mol. The number of hydrogen-bond acceptors (Lipinski definition) is 4. The summed E-state index contributed by atoms with van der Waals surface area (Å²) in [5.74, 6) is 0.714. The van der Waals surface area contributed by atoms with Gasteiger partial charge in [-0.2, -0.15) is 13.2 Å². The second-order valence-corrected chi connectivity index (χ2v) is 7.24. The zero-order valence-corrected chi connectivity index (χ0v) is 16.4. The highest BCUT2D eigenvalue weighted by Crippen LogP contribution is 2.31. The molecule has 0 spiro atoms. The van der Waals surface area contributed by atoms with Crippen molar-refractivity contribution in [3.8, 4) is 17.2 Å². The molecule has 1 saturated heterocycles. The van der Waals surface area contributed by atoms with Crippen LogP contribution in [0.2, 0.25) is 0 Å². The minimum absolute atomic E-state index is 0.171. The lowest BCUT2D eigenvalue weighted by atomic mass is 10.2. The molecule has 162 valence electrons. The van der Waals surface area contributed by atoms with Crippen LogP contribution >= 0.6 is 0 Å². The van der Waals surface area contributed by atoms with Gasteiger partial charge in [-0.1, -0.05) is 0 Å². The van der Waals surface area contributed by atoms with Crippen LogP contribution in [-0.2, 0) is 11.0 Å². The lowest BCUT2D eigenvalue weighted by molar-refractivity contribution is -0.138. The summed E-state index contributed by atoms with van der Waals surface area (Å²) >= 11 is 0. The molecular weight excluding hydrogens is 399 g/mol. The molecule has 5 nitrogen and oxygen atoms in total. The highest BCUT2D eigenvalue weighted by Gasteiger charge is 2.30. The van der Waals surface area contributed by atoms with Crippen LogP contribution in [0.4, 0.5) is 13.2 Å². The molecule has 30 heavy (non-hydrogen) atoms. The Balaban J connectivity index is 1.48. The van der Waals surface area contributed by atoms with Gasteiger partial charge in [0.2, 0.25) is 0 Å². The van der Waals surface area contributed by atoms with E-state index in [9.17, 15) is 18.0 Å². The van der Waals surface area contributed by atoms with Crippen LogP contribution in [0, 0.1) is 0 Å². The Morgan fingerprint density at radius 1 is 1.03 bits per heavy atom. The molecule has 2 aromatic carbocycles. The molecule has 1 aliphatic rings. The summed E-state index contributed by atoms with van der Waals surface area (Å²) in [4.78, 5) is 12.9. The van der Waals surface area contributed by atoms with Gasteiger partial charge in [0.15, 0.2) is 0 Å². The molecule has 1 heterocycles. The molecule has 1 fully saturated rings. The maximum atomic E-state index is 12.6. The number of likely N-dealkylation sites (tertiary alicyclic amines) is 1. The van der Waals surface area contributed by atoms with Gasteiger partial charge >= 0.3 is 12.1 Å². The van der Waals surface area contributed by atoms with Crippen molar-refractivity contribution in [3.05, 3.63) is 54.1 Å². The van der Waals surface area contributed by atoms with Crippen molar-refractivity contribution in [2.24, 2.45) is 0 Å². The molecule has 0 radical (unpaired) electrons. The fraction of sp³-hybridized carbons (Fsp3) is 0.409. The number of alkyl halides is 3. The van der Waals surface area contributed by atoms with E-state index in [1.54, 1.807) is 24.3 Å². The molecule has 0 bridgehead atoms. The Kier molecular flexibility index (Phi) is 7.20. The summed E-state index contributed by atoms with van der Waals surface area (Å²) in [7, 11) is 0. The Hall–Kier alpha value is -2.74. The maximum Gasteiger partial charge on any atom is 0.416 e.